The molecule has 0 aliphatic carbocycles. The van der Waals surface area contributed by atoms with Gasteiger partial charge in [0.2, 0.25) is 0 Å². The van der Waals surface area contributed by atoms with E-state index in [2.05, 4.69) is 4.74 Å². The molecule has 0 aromatic carbocycles. The topological polar surface area (TPSA) is 44.8 Å². The van der Waals surface area contributed by atoms with Crippen molar-refractivity contribution in [1.82, 2.24) is 0 Å². The molecule has 1 fully saturated rings. The third-order valence-electron chi connectivity index (χ3n) is 2.48. The molecule has 1 aliphatic rings. The van der Waals surface area contributed by atoms with Gasteiger partial charge in [-0.25, -0.2) is 4.79 Å². The molecule has 1 rings (SSSR count). The molecule has 13 heavy (non-hydrogen) atoms. The second-order valence-corrected chi connectivity index (χ2v) is 3.43. The van der Waals surface area contributed by atoms with E-state index in [0.29, 0.717) is 13.0 Å². The highest BCUT2D eigenvalue weighted by molar-refractivity contribution is 5.79. The maximum absolute atomic E-state index is 11.3. The summed E-state index contributed by atoms with van der Waals surface area (Å²) in [5.74, 6) is -0.304. The van der Waals surface area contributed by atoms with E-state index < -0.39 is 5.60 Å². The van der Waals surface area contributed by atoms with Crippen molar-refractivity contribution in [2.45, 2.75) is 31.5 Å². The zero-order valence-corrected chi connectivity index (χ0v) is 8.33. The van der Waals surface area contributed by atoms with Gasteiger partial charge in [-0.15, -0.1) is 0 Å². The largest absolute Gasteiger partial charge is 0.467 e. The zero-order chi connectivity index (χ0) is 9.90. The smallest absolute Gasteiger partial charge is 0.337 e. The van der Waals surface area contributed by atoms with Crippen molar-refractivity contribution in [2.75, 3.05) is 20.8 Å². The third kappa shape index (κ3) is 2.19. The summed E-state index contributed by atoms with van der Waals surface area (Å²) in [5.41, 5.74) is -0.774. The molecule has 0 saturated carbocycles. The van der Waals surface area contributed by atoms with Crippen molar-refractivity contribution in [2.24, 2.45) is 0 Å². The number of hydrogen-bond donors (Lipinski definition) is 0. The summed E-state index contributed by atoms with van der Waals surface area (Å²) in [7, 11) is 3.02. The molecular formula is C9H16O4. The van der Waals surface area contributed by atoms with Crippen LogP contribution < -0.4 is 0 Å². The summed E-state index contributed by atoms with van der Waals surface area (Å²) in [6.45, 7) is 2.22. The maximum atomic E-state index is 11.3. The molecule has 76 valence electrons. The SMILES string of the molecule is COC(=O)C1(C)CCC(OC)CO1. The molecule has 1 saturated heterocycles. The van der Waals surface area contributed by atoms with Crippen LogP contribution in [0.5, 0.6) is 0 Å². The number of ether oxygens (including phenoxy) is 3. The van der Waals surface area contributed by atoms with Crippen molar-refractivity contribution in [3.63, 3.8) is 0 Å². The quantitative estimate of drug-likeness (QED) is 0.600. The highest BCUT2D eigenvalue weighted by atomic mass is 16.6. The van der Waals surface area contributed by atoms with Crippen LogP contribution in [0.3, 0.4) is 0 Å². The van der Waals surface area contributed by atoms with Crippen molar-refractivity contribution >= 4 is 5.97 Å². The van der Waals surface area contributed by atoms with Gasteiger partial charge in [0.25, 0.3) is 0 Å². The minimum Gasteiger partial charge on any atom is -0.467 e. The van der Waals surface area contributed by atoms with E-state index in [1.54, 1.807) is 14.0 Å². The Morgan fingerprint density at radius 1 is 1.54 bits per heavy atom. The highest BCUT2D eigenvalue weighted by Gasteiger charge is 2.39. The highest BCUT2D eigenvalue weighted by Crippen LogP contribution is 2.26. The molecule has 0 N–H and O–H groups in total. The summed E-state index contributed by atoms with van der Waals surface area (Å²) in [5, 5.41) is 0. The molecule has 4 heteroatoms. The first-order chi connectivity index (χ1) is 6.12. The van der Waals surface area contributed by atoms with Gasteiger partial charge in [0.1, 0.15) is 0 Å². The summed E-state index contributed by atoms with van der Waals surface area (Å²) >= 11 is 0. The monoisotopic (exact) mass is 188 g/mol. The number of carbonyl (C=O) groups is 1. The van der Waals surface area contributed by atoms with E-state index in [9.17, 15) is 4.79 Å². The fraction of sp³-hybridized carbons (Fsp3) is 0.889. The standard InChI is InChI=1S/C9H16O4/c1-9(8(10)12-3)5-4-7(11-2)6-13-9/h7H,4-6H2,1-3H3. The van der Waals surface area contributed by atoms with Gasteiger partial charge in [0.15, 0.2) is 5.60 Å². The van der Waals surface area contributed by atoms with Crippen LogP contribution in [0.4, 0.5) is 0 Å². The van der Waals surface area contributed by atoms with E-state index in [1.165, 1.54) is 7.11 Å². The first-order valence-electron chi connectivity index (χ1n) is 4.37. The fourth-order valence-corrected chi connectivity index (χ4v) is 1.43. The first kappa shape index (κ1) is 10.5. The molecule has 0 radical (unpaired) electrons. The lowest BCUT2D eigenvalue weighted by Gasteiger charge is -2.34. The van der Waals surface area contributed by atoms with E-state index in [4.69, 9.17) is 9.47 Å². The van der Waals surface area contributed by atoms with Gasteiger partial charge in [-0.1, -0.05) is 0 Å². The van der Waals surface area contributed by atoms with Gasteiger partial charge in [-0.05, 0) is 19.8 Å². The Morgan fingerprint density at radius 3 is 2.62 bits per heavy atom. The van der Waals surface area contributed by atoms with Crippen molar-refractivity contribution in [3.8, 4) is 0 Å². The summed E-state index contributed by atoms with van der Waals surface area (Å²) in [4.78, 5) is 11.3. The summed E-state index contributed by atoms with van der Waals surface area (Å²) in [6.07, 6.45) is 1.60. The molecule has 4 nitrogen and oxygen atoms in total. The predicted octanol–water partition coefficient (Wildman–Crippen LogP) is 0.743. The molecule has 2 atom stereocenters. The molecule has 1 aliphatic heterocycles. The molecule has 0 bridgehead atoms. The van der Waals surface area contributed by atoms with Gasteiger partial charge in [0, 0.05) is 7.11 Å². The fourth-order valence-electron chi connectivity index (χ4n) is 1.43. The van der Waals surface area contributed by atoms with Gasteiger partial charge < -0.3 is 14.2 Å². The number of hydrogen-bond acceptors (Lipinski definition) is 4. The average Bonchev–Trinajstić information content (AvgIpc) is 2.18. The van der Waals surface area contributed by atoms with Crippen LogP contribution in [0.1, 0.15) is 19.8 Å². The van der Waals surface area contributed by atoms with E-state index in [-0.39, 0.29) is 12.1 Å². The Balaban J connectivity index is 2.51. The second-order valence-electron chi connectivity index (χ2n) is 3.43. The summed E-state index contributed by atoms with van der Waals surface area (Å²) < 4.78 is 15.2. The van der Waals surface area contributed by atoms with Crippen LogP contribution >= 0.6 is 0 Å². The second kappa shape index (κ2) is 4.07. The van der Waals surface area contributed by atoms with Crippen LogP contribution in [0.25, 0.3) is 0 Å². The van der Waals surface area contributed by atoms with Crippen LogP contribution in [-0.2, 0) is 19.0 Å². The van der Waals surface area contributed by atoms with Crippen LogP contribution in [0.2, 0.25) is 0 Å². The Bertz CT molecular complexity index is 182. The minimum atomic E-state index is -0.774. The Morgan fingerprint density at radius 2 is 2.23 bits per heavy atom. The Kier molecular flexibility index (Phi) is 3.27. The van der Waals surface area contributed by atoms with E-state index >= 15 is 0 Å². The van der Waals surface area contributed by atoms with Gasteiger partial charge in [0.05, 0.1) is 19.8 Å². The Labute approximate surface area is 78.2 Å². The average molecular weight is 188 g/mol. The molecule has 2 unspecified atom stereocenters. The van der Waals surface area contributed by atoms with Crippen molar-refractivity contribution < 1.29 is 19.0 Å². The molecule has 0 amide bonds. The first-order valence-corrected chi connectivity index (χ1v) is 4.37. The van der Waals surface area contributed by atoms with Gasteiger partial charge >= 0.3 is 5.97 Å². The predicted molar refractivity (Wildman–Crippen MR) is 46.4 cm³/mol. The van der Waals surface area contributed by atoms with E-state index in [1.807, 2.05) is 0 Å². The molecule has 1 heterocycles. The third-order valence-corrected chi connectivity index (χ3v) is 2.48. The van der Waals surface area contributed by atoms with Crippen molar-refractivity contribution in [3.05, 3.63) is 0 Å². The van der Waals surface area contributed by atoms with Crippen molar-refractivity contribution in [1.29, 1.82) is 0 Å². The minimum absolute atomic E-state index is 0.109. The molecule has 0 spiro atoms. The Hall–Kier alpha value is -0.610. The maximum Gasteiger partial charge on any atom is 0.337 e. The molecular weight excluding hydrogens is 172 g/mol. The number of carbonyl (C=O) groups excluding carboxylic acids is 1. The van der Waals surface area contributed by atoms with Gasteiger partial charge in [-0.2, -0.15) is 0 Å². The number of methoxy groups -OCH3 is 2. The lowest BCUT2D eigenvalue weighted by Crippen LogP contribution is -2.46. The van der Waals surface area contributed by atoms with E-state index in [0.717, 1.165) is 6.42 Å². The van der Waals surface area contributed by atoms with Gasteiger partial charge in [-0.3, -0.25) is 0 Å². The lowest BCUT2D eigenvalue weighted by molar-refractivity contribution is -0.182. The number of esters is 1. The van der Waals surface area contributed by atoms with Crippen LogP contribution in [0, 0.1) is 0 Å². The molecule has 0 aromatic heterocycles. The summed E-state index contributed by atoms with van der Waals surface area (Å²) in [6, 6.07) is 0. The zero-order valence-electron chi connectivity index (χ0n) is 8.33. The normalized spacial score (nSPS) is 34.2. The van der Waals surface area contributed by atoms with Crippen LogP contribution in [0.15, 0.2) is 0 Å². The van der Waals surface area contributed by atoms with Crippen LogP contribution in [-0.4, -0.2) is 38.5 Å². The number of rotatable bonds is 2. The molecule has 0 aromatic rings. The lowest BCUT2D eigenvalue weighted by atomic mass is 9.95.